The lowest BCUT2D eigenvalue weighted by atomic mass is 10.1. The summed E-state index contributed by atoms with van der Waals surface area (Å²) < 4.78 is 38.4. The van der Waals surface area contributed by atoms with Crippen LogP contribution in [0.25, 0.3) is 22.5 Å². The largest absolute Gasteiger partial charge is 0.493 e. The minimum atomic E-state index is 0. The molecule has 0 atom stereocenters. The molecular weight excluding hydrogens is 564 g/mol. The minimum Gasteiger partial charge on any atom is -0.493 e. The van der Waals surface area contributed by atoms with Gasteiger partial charge in [0.05, 0.1) is 91.0 Å². The molecule has 0 fully saturated rings. The van der Waals surface area contributed by atoms with Gasteiger partial charge >= 0.3 is 0 Å². The maximum atomic E-state index is 5.76. The molecule has 0 bridgehead atoms. The number of aromatic nitrogens is 2. The van der Waals surface area contributed by atoms with Crippen LogP contribution in [0.3, 0.4) is 0 Å². The summed E-state index contributed by atoms with van der Waals surface area (Å²) in [5, 5.41) is 6.65. The molecule has 236 valence electrons. The van der Waals surface area contributed by atoms with E-state index in [1.165, 1.54) is 0 Å². The number of hydrogen-bond acceptors (Lipinski definition) is 11. The van der Waals surface area contributed by atoms with E-state index in [9.17, 15) is 0 Å². The predicted molar refractivity (Wildman–Crippen MR) is 173 cm³/mol. The Labute approximate surface area is 259 Å². The van der Waals surface area contributed by atoms with Crippen molar-refractivity contribution in [3.63, 3.8) is 0 Å². The van der Waals surface area contributed by atoms with Crippen molar-refractivity contribution >= 4 is 11.4 Å². The first-order valence-electron chi connectivity index (χ1n) is 13.6. The Morgan fingerprint density at radius 2 is 0.886 bits per heavy atom. The predicted octanol–water partition coefficient (Wildman–Crippen LogP) is 6.04. The highest BCUT2D eigenvalue weighted by Crippen LogP contribution is 2.42. The lowest BCUT2D eigenvalue weighted by molar-refractivity contribution is 0.154. The molecule has 2 aromatic carbocycles. The van der Waals surface area contributed by atoms with Crippen molar-refractivity contribution in [1.29, 1.82) is 0 Å². The maximum Gasteiger partial charge on any atom is 0.203 e. The average molecular weight is 607 g/mol. The fourth-order valence-electron chi connectivity index (χ4n) is 4.43. The summed E-state index contributed by atoms with van der Waals surface area (Å²) >= 11 is 0. The van der Waals surface area contributed by atoms with E-state index >= 15 is 0 Å². The van der Waals surface area contributed by atoms with Gasteiger partial charge in [-0.05, 0) is 48.5 Å². The van der Waals surface area contributed by atoms with Gasteiger partial charge in [0, 0.05) is 24.2 Å². The first kappa shape index (κ1) is 33.6. The lowest BCUT2D eigenvalue weighted by Gasteiger charge is -2.14. The molecule has 4 rings (SSSR count). The normalized spacial score (nSPS) is 10.3. The molecule has 0 aliphatic carbocycles. The van der Waals surface area contributed by atoms with E-state index < -0.39 is 0 Å². The summed E-state index contributed by atoms with van der Waals surface area (Å²) in [5.41, 5.74) is 5.11. The van der Waals surface area contributed by atoms with Gasteiger partial charge < -0.3 is 43.8 Å². The quantitative estimate of drug-likeness (QED) is 0.146. The lowest BCUT2D eigenvalue weighted by Crippen LogP contribution is -2.14. The molecule has 4 aromatic rings. The topological polar surface area (TPSA) is 114 Å². The number of hydrogen-bond donors (Lipinski definition) is 2. The smallest absolute Gasteiger partial charge is 0.203 e. The van der Waals surface area contributed by atoms with Crippen LogP contribution in [0, 0.1) is 0 Å². The van der Waals surface area contributed by atoms with Gasteiger partial charge in [0.2, 0.25) is 11.5 Å². The Morgan fingerprint density at radius 1 is 0.523 bits per heavy atom. The molecule has 44 heavy (non-hydrogen) atoms. The van der Waals surface area contributed by atoms with Gasteiger partial charge in [-0.1, -0.05) is 7.43 Å². The molecule has 0 unspecified atom stereocenters. The van der Waals surface area contributed by atoms with Gasteiger partial charge in [-0.3, -0.25) is 9.97 Å². The molecule has 2 N–H and O–H groups in total. The molecule has 2 heterocycles. The van der Waals surface area contributed by atoms with Crippen LogP contribution in [-0.4, -0.2) is 78.9 Å². The Kier molecular flexibility index (Phi) is 12.7. The van der Waals surface area contributed by atoms with Crippen molar-refractivity contribution in [3.05, 3.63) is 60.9 Å². The van der Waals surface area contributed by atoms with E-state index in [2.05, 4.69) is 20.6 Å². The Morgan fingerprint density at radius 3 is 1.16 bits per heavy atom. The molecule has 11 nitrogen and oxygen atoms in total. The van der Waals surface area contributed by atoms with Crippen molar-refractivity contribution in [3.8, 4) is 57.0 Å². The van der Waals surface area contributed by atoms with Crippen molar-refractivity contribution < 1.29 is 33.2 Å². The second-order valence-corrected chi connectivity index (χ2v) is 9.16. The summed E-state index contributed by atoms with van der Waals surface area (Å²) in [6.07, 6.45) is 3.57. The minimum absolute atomic E-state index is 0. The van der Waals surface area contributed by atoms with Crippen LogP contribution < -0.4 is 39.1 Å². The molecule has 0 aliphatic heterocycles. The zero-order chi connectivity index (χ0) is 30.6. The van der Waals surface area contributed by atoms with E-state index in [0.717, 1.165) is 33.9 Å². The average Bonchev–Trinajstić information content (AvgIpc) is 3.06. The molecular formula is C33H42N4O7. The van der Waals surface area contributed by atoms with Gasteiger partial charge in [-0.2, -0.15) is 0 Å². The summed E-state index contributed by atoms with van der Waals surface area (Å²) in [4.78, 5) is 9.16. The van der Waals surface area contributed by atoms with Crippen molar-refractivity contribution in [2.24, 2.45) is 0 Å². The van der Waals surface area contributed by atoms with Crippen molar-refractivity contribution in [1.82, 2.24) is 9.97 Å². The Hall–Kier alpha value is -4.90. The number of rotatable bonds is 16. The first-order chi connectivity index (χ1) is 21.0. The van der Waals surface area contributed by atoms with Gasteiger partial charge in [-0.15, -0.1) is 0 Å². The highest BCUT2D eigenvalue weighted by atomic mass is 16.5. The second kappa shape index (κ2) is 16.7. The van der Waals surface area contributed by atoms with Crippen LogP contribution in [0.1, 0.15) is 7.43 Å². The van der Waals surface area contributed by atoms with Gasteiger partial charge in [-0.25, -0.2) is 0 Å². The van der Waals surface area contributed by atoms with Crippen molar-refractivity contribution in [2.45, 2.75) is 7.43 Å². The fourth-order valence-corrected chi connectivity index (χ4v) is 4.43. The fraction of sp³-hybridized carbons (Fsp3) is 0.333. The zero-order valence-electron chi connectivity index (χ0n) is 25.4. The summed E-state index contributed by atoms with van der Waals surface area (Å²) in [7, 11) is 9.52. The molecule has 0 saturated carbocycles. The van der Waals surface area contributed by atoms with Gasteiger partial charge in [0.1, 0.15) is 0 Å². The molecule has 11 heteroatoms. The highest BCUT2D eigenvalue weighted by molar-refractivity contribution is 5.70. The number of nitrogens with one attached hydrogen (secondary N) is 2. The summed E-state index contributed by atoms with van der Waals surface area (Å²) in [5.74, 6) is 3.41. The van der Waals surface area contributed by atoms with E-state index in [1.807, 2.05) is 48.5 Å². The van der Waals surface area contributed by atoms with Crippen LogP contribution in [-0.2, 0) is 4.74 Å². The van der Waals surface area contributed by atoms with E-state index in [-0.39, 0.29) is 7.43 Å². The third-order valence-corrected chi connectivity index (χ3v) is 6.60. The van der Waals surface area contributed by atoms with Crippen LogP contribution in [0.15, 0.2) is 60.9 Å². The second-order valence-electron chi connectivity index (χ2n) is 9.16. The van der Waals surface area contributed by atoms with Gasteiger partial charge in [0.15, 0.2) is 23.0 Å². The van der Waals surface area contributed by atoms with Crippen LogP contribution in [0.2, 0.25) is 0 Å². The number of benzene rings is 2. The Balaban J connectivity index is 0.00000529. The number of ether oxygens (including phenoxy) is 7. The molecule has 0 radical (unpaired) electrons. The van der Waals surface area contributed by atoms with Crippen LogP contribution >= 0.6 is 0 Å². The van der Waals surface area contributed by atoms with Crippen LogP contribution in [0.5, 0.6) is 34.5 Å². The number of methoxy groups -OCH3 is 6. The van der Waals surface area contributed by atoms with E-state index in [1.54, 1.807) is 55.1 Å². The SMILES string of the molecule is C.COc1cc(-c2ccc(NCCOCCNc3ccc(-c4cc(OC)c(OC)c(OC)c4)nc3)cn2)cc(OC)c1OC. The molecule has 0 spiro atoms. The molecule has 0 aliphatic rings. The number of pyridine rings is 2. The monoisotopic (exact) mass is 606 g/mol. The zero-order valence-corrected chi connectivity index (χ0v) is 25.4. The third-order valence-electron chi connectivity index (χ3n) is 6.60. The maximum absolute atomic E-state index is 5.76. The summed E-state index contributed by atoms with van der Waals surface area (Å²) in [6, 6.07) is 15.3. The first-order valence-corrected chi connectivity index (χ1v) is 13.6. The summed E-state index contributed by atoms with van der Waals surface area (Å²) in [6.45, 7) is 2.40. The van der Waals surface area contributed by atoms with Gasteiger partial charge in [0.25, 0.3) is 0 Å². The van der Waals surface area contributed by atoms with Crippen molar-refractivity contribution in [2.75, 3.05) is 79.6 Å². The standard InChI is InChI=1S/C32H38N4O7.CH4/c1-37-27-15-21(16-28(38-2)31(27)41-5)25-9-7-23(19-35-25)33-11-13-43-14-12-34-24-8-10-26(36-20-24)22-17-29(39-3)32(42-6)30(18-22)40-4;/h7-10,15-20,33-34H,11-14H2,1-6H3;1H4. The molecule has 0 saturated heterocycles. The molecule has 2 aromatic heterocycles. The third kappa shape index (κ3) is 8.13. The Bertz CT molecular complexity index is 1300. The molecule has 0 amide bonds. The number of anilines is 2. The number of nitrogens with zero attached hydrogens (tertiary/aromatic N) is 2. The van der Waals surface area contributed by atoms with Crippen LogP contribution in [0.4, 0.5) is 11.4 Å². The van der Waals surface area contributed by atoms with E-state index in [4.69, 9.17) is 33.2 Å². The van der Waals surface area contributed by atoms with E-state index in [0.29, 0.717) is 60.8 Å². The highest BCUT2D eigenvalue weighted by Gasteiger charge is 2.16.